The van der Waals surface area contributed by atoms with Crippen LogP contribution in [-0.4, -0.2) is 5.54 Å². The molecule has 0 aliphatic carbocycles. The smallest absolute Gasteiger partial charge is 0.0700 e. The molecule has 8 aromatic rings. The van der Waals surface area contributed by atoms with Crippen molar-refractivity contribution in [3.8, 4) is 11.1 Å². The molecule has 0 fully saturated rings. The van der Waals surface area contributed by atoms with Gasteiger partial charge in [-0.1, -0.05) is 115 Å². The van der Waals surface area contributed by atoms with E-state index in [4.69, 9.17) is 0 Å². The molecule has 0 saturated heterocycles. The molecule has 3 nitrogen and oxygen atoms in total. The number of para-hydroxylation sites is 4. The van der Waals surface area contributed by atoms with Gasteiger partial charge in [0.15, 0.2) is 0 Å². The molecule has 0 bridgehead atoms. The maximum absolute atomic E-state index is 2.50. The lowest BCUT2D eigenvalue weighted by molar-refractivity contribution is 0.559. The number of nitrogens with zero attached hydrogens (tertiary/aromatic N) is 3. The summed E-state index contributed by atoms with van der Waals surface area (Å²) in [5.74, 6) is 0. The summed E-state index contributed by atoms with van der Waals surface area (Å²) in [4.78, 5) is 7.28. The Kier molecular flexibility index (Phi) is 7.36. The van der Waals surface area contributed by atoms with Crippen LogP contribution in [-0.2, 0) is 0 Å². The van der Waals surface area contributed by atoms with Gasteiger partial charge in [0.05, 0.1) is 28.4 Å². The summed E-state index contributed by atoms with van der Waals surface area (Å²) in [5.41, 5.74) is 11.5. The minimum absolute atomic E-state index is 0.144. The quantitative estimate of drug-likeness (QED) is 0.171. The molecule has 0 unspecified atom stereocenters. The Morgan fingerprint density at radius 1 is 0.412 bits per heavy atom. The van der Waals surface area contributed by atoms with Gasteiger partial charge in [0.2, 0.25) is 0 Å². The topological polar surface area (TPSA) is 9.72 Å². The zero-order chi connectivity index (χ0) is 34.5. The van der Waals surface area contributed by atoms with Crippen molar-refractivity contribution in [3.05, 3.63) is 182 Å². The van der Waals surface area contributed by atoms with Crippen LogP contribution in [0, 0.1) is 0 Å². The molecule has 0 radical (unpaired) electrons. The fourth-order valence-electron chi connectivity index (χ4n) is 7.78. The highest BCUT2D eigenvalue weighted by Crippen LogP contribution is 2.54. The summed E-state index contributed by atoms with van der Waals surface area (Å²) < 4.78 is 0. The predicted molar refractivity (Wildman–Crippen MR) is 218 cm³/mol. The SMILES string of the molecule is CC(C)(C)N1c2ccccc2N(c2ccccc2)c2ccc(-c3ccc(N(c4ccccc4)c4cc5ccccc5c5ccccc45)cc3)cc21. The van der Waals surface area contributed by atoms with Crippen LogP contribution in [0.4, 0.5) is 45.5 Å². The van der Waals surface area contributed by atoms with Crippen LogP contribution < -0.4 is 14.7 Å². The normalized spacial score (nSPS) is 12.5. The second-order valence-electron chi connectivity index (χ2n) is 14.2. The number of benzene rings is 8. The molecule has 0 aromatic heterocycles. The number of rotatable bonds is 5. The summed E-state index contributed by atoms with van der Waals surface area (Å²) >= 11 is 0. The van der Waals surface area contributed by atoms with Crippen LogP contribution in [0.2, 0.25) is 0 Å². The molecule has 51 heavy (non-hydrogen) atoms. The van der Waals surface area contributed by atoms with Gasteiger partial charge >= 0.3 is 0 Å². The Balaban J connectivity index is 1.17. The molecule has 3 heteroatoms. The van der Waals surface area contributed by atoms with E-state index in [0.29, 0.717) is 0 Å². The van der Waals surface area contributed by atoms with Gasteiger partial charge in [0.25, 0.3) is 0 Å². The highest BCUT2D eigenvalue weighted by Gasteiger charge is 2.35. The molecule has 9 rings (SSSR count). The molecule has 0 saturated carbocycles. The molecule has 1 aliphatic heterocycles. The molecule has 246 valence electrons. The third-order valence-electron chi connectivity index (χ3n) is 9.97. The number of hydrogen-bond acceptors (Lipinski definition) is 3. The van der Waals surface area contributed by atoms with E-state index in [0.717, 1.165) is 22.7 Å². The highest BCUT2D eigenvalue weighted by atomic mass is 15.3. The molecule has 1 heterocycles. The fraction of sp³-hybridized carbons (Fsp3) is 0.0833. The van der Waals surface area contributed by atoms with Crippen LogP contribution in [0.5, 0.6) is 0 Å². The van der Waals surface area contributed by atoms with Crippen molar-refractivity contribution in [2.75, 3.05) is 14.7 Å². The van der Waals surface area contributed by atoms with Crippen molar-refractivity contribution in [2.24, 2.45) is 0 Å². The van der Waals surface area contributed by atoms with Crippen molar-refractivity contribution in [3.63, 3.8) is 0 Å². The number of hydrogen-bond donors (Lipinski definition) is 0. The van der Waals surface area contributed by atoms with Gasteiger partial charge < -0.3 is 14.7 Å². The molecule has 0 spiro atoms. The third kappa shape index (κ3) is 5.30. The maximum atomic E-state index is 2.50. The van der Waals surface area contributed by atoms with Crippen molar-refractivity contribution < 1.29 is 0 Å². The Hall–Kier alpha value is -6.32. The van der Waals surface area contributed by atoms with Crippen molar-refractivity contribution in [1.82, 2.24) is 0 Å². The number of fused-ring (bicyclic) bond motifs is 5. The summed E-state index contributed by atoms with van der Waals surface area (Å²) in [5, 5.41) is 4.98. The molecular weight excluding hydrogens is 619 g/mol. The summed E-state index contributed by atoms with van der Waals surface area (Å²) in [6, 6.07) is 65.9. The Bertz CT molecular complexity index is 2510. The van der Waals surface area contributed by atoms with Crippen LogP contribution in [0.15, 0.2) is 182 Å². The van der Waals surface area contributed by atoms with Gasteiger partial charge in [-0.2, -0.15) is 0 Å². The van der Waals surface area contributed by atoms with Crippen molar-refractivity contribution in [1.29, 1.82) is 0 Å². The average molecular weight is 658 g/mol. The minimum atomic E-state index is -0.144. The lowest BCUT2D eigenvalue weighted by Crippen LogP contribution is -2.41. The summed E-state index contributed by atoms with van der Waals surface area (Å²) in [6.07, 6.45) is 0. The van der Waals surface area contributed by atoms with Crippen LogP contribution in [0.3, 0.4) is 0 Å². The van der Waals surface area contributed by atoms with Gasteiger partial charge in [-0.15, -0.1) is 0 Å². The highest BCUT2D eigenvalue weighted by molar-refractivity contribution is 6.14. The van der Waals surface area contributed by atoms with Crippen molar-refractivity contribution in [2.45, 2.75) is 26.3 Å². The van der Waals surface area contributed by atoms with Gasteiger partial charge in [-0.05, 0) is 115 Å². The van der Waals surface area contributed by atoms with E-state index in [2.05, 4.69) is 217 Å². The molecule has 0 N–H and O–H groups in total. The first-order valence-electron chi connectivity index (χ1n) is 17.7. The van der Waals surface area contributed by atoms with Crippen LogP contribution >= 0.6 is 0 Å². The van der Waals surface area contributed by atoms with E-state index in [1.165, 1.54) is 55.4 Å². The first-order chi connectivity index (χ1) is 25.0. The molecule has 1 aliphatic rings. The zero-order valence-corrected chi connectivity index (χ0v) is 29.2. The second-order valence-corrected chi connectivity index (χ2v) is 14.2. The lowest BCUT2D eigenvalue weighted by Gasteiger charge is -2.46. The first kappa shape index (κ1) is 30.7. The maximum Gasteiger partial charge on any atom is 0.0700 e. The van der Waals surface area contributed by atoms with E-state index in [9.17, 15) is 0 Å². The van der Waals surface area contributed by atoms with Crippen molar-refractivity contribution >= 4 is 67.0 Å². The monoisotopic (exact) mass is 657 g/mol. The molecule has 0 amide bonds. The first-order valence-corrected chi connectivity index (χ1v) is 17.7. The molecule has 8 aromatic carbocycles. The number of anilines is 8. The Labute approximate surface area is 300 Å². The van der Waals surface area contributed by atoms with E-state index >= 15 is 0 Å². The van der Waals surface area contributed by atoms with E-state index in [1.54, 1.807) is 0 Å². The standard InChI is InChI=1S/C48H39N3/c1-48(2,3)51-45-25-15-14-24-43(45)50(38-19-8-5-9-20-38)44-31-28-35(32-47(44)51)34-26-29-39(30-27-34)49(37-17-6-4-7-18-37)46-33-36-16-10-11-21-40(36)41-22-12-13-23-42(41)46/h4-33H,1-3H3. The third-order valence-corrected chi connectivity index (χ3v) is 9.97. The zero-order valence-electron chi connectivity index (χ0n) is 29.2. The average Bonchev–Trinajstić information content (AvgIpc) is 3.17. The Morgan fingerprint density at radius 3 is 1.69 bits per heavy atom. The fourth-order valence-corrected chi connectivity index (χ4v) is 7.78. The van der Waals surface area contributed by atoms with Crippen LogP contribution in [0.1, 0.15) is 20.8 Å². The lowest BCUT2D eigenvalue weighted by atomic mass is 9.95. The molecule has 0 atom stereocenters. The Morgan fingerprint density at radius 2 is 0.961 bits per heavy atom. The summed E-state index contributed by atoms with van der Waals surface area (Å²) in [7, 11) is 0. The van der Waals surface area contributed by atoms with Gasteiger partial charge in [-0.25, -0.2) is 0 Å². The predicted octanol–water partition coefficient (Wildman–Crippen LogP) is 13.8. The van der Waals surface area contributed by atoms with E-state index < -0.39 is 0 Å². The second kappa shape index (κ2) is 12.2. The largest absolute Gasteiger partial charge is 0.333 e. The molecular formula is C48H39N3. The van der Waals surface area contributed by atoms with Gasteiger partial charge in [0.1, 0.15) is 0 Å². The van der Waals surface area contributed by atoms with Gasteiger partial charge in [-0.3, -0.25) is 0 Å². The summed E-state index contributed by atoms with van der Waals surface area (Å²) in [6.45, 7) is 6.88. The van der Waals surface area contributed by atoms with Crippen LogP contribution in [0.25, 0.3) is 32.7 Å². The van der Waals surface area contributed by atoms with Gasteiger partial charge in [0, 0.05) is 28.0 Å². The van der Waals surface area contributed by atoms with E-state index in [1.807, 2.05) is 0 Å². The minimum Gasteiger partial charge on any atom is -0.333 e. The van der Waals surface area contributed by atoms with E-state index in [-0.39, 0.29) is 5.54 Å².